The van der Waals surface area contributed by atoms with Crippen molar-refractivity contribution in [2.24, 2.45) is 10.2 Å². The fourth-order valence-electron chi connectivity index (χ4n) is 2.96. The molecule has 4 N–H and O–H groups in total. The minimum absolute atomic E-state index is 0.144. The molecule has 40 heavy (non-hydrogen) atoms. The first-order chi connectivity index (χ1) is 18.7. The molecule has 16 heteroatoms. The fraction of sp³-hybridized carbons (Fsp3) is 0.0833. The van der Waals surface area contributed by atoms with Crippen LogP contribution in [0.3, 0.4) is 0 Å². The number of carbonyl (C=O) groups excluding carboxylic acids is 2. The minimum Gasteiger partial charge on any atom is -0.307 e. The molecule has 0 fully saturated rings. The standard InChI is InChI=1S/C24H16Cl2F6N6O2/c25-19-7-5-15(9-17(19)23(27,28)29)35-21(39)37-33-11-13-1-2-14(4-3-13)12-34-38-22(40)36-16-6-8-20(26)18(10-16)24(30,31)32/h1-12H,(H2,35,37,39)(H2,36,38,40)/b33-11+,34-12+. The van der Waals surface area contributed by atoms with Crippen LogP contribution in [-0.4, -0.2) is 24.5 Å². The highest BCUT2D eigenvalue weighted by Gasteiger charge is 2.34. The van der Waals surface area contributed by atoms with Gasteiger partial charge < -0.3 is 10.6 Å². The number of hydrogen-bond acceptors (Lipinski definition) is 4. The van der Waals surface area contributed by atoms with E-state index in [4.69, 9.17) is 23.2 Å². The van der Waals surface area contributed by atoms with Gasteiger partial charge in [0.15, 0.2) is 0 Å². The van der Waals surface area contributed by atoms with Crippen molar-refractivity contribution in [3.8, 4) is 0 Å². The molecule has 210 valence electrons. The Morgan fingerprint density at radius 2 is 0.975 bits per heavy atom. The predicted octanol–water partition coefficient (Wildman–Crippen LogP) is 7.34. The molecule has 0 heterocycles. The van der Waals surface area contributed by atoms with Crippen LogP contribution in [0.4, 0.5) is 47.3 Å². The van der Waals surface area contributed by atoms with Crippen LogP contribution in [0.1, 0.15) is 22.3 Å². The quantitative estimate of drug-likeness (QED) is 0.134. The van der Waals surface area contributed by atoms with Gasteiger partial charge in [0.05, 0.1) is 33.6 Å². The largest absolute Gasteiger partial charge is 0.417 e. The number of nitrogens with zero attached hydrogens (tertiary/aromatic N) is 2. The molecule has 0 aliphatic carbocycles. The molecule has 0 bridgehead atoms. The Balaban J connectivity index is 1.48. The predicted molar refractivity (Wildman–Crippen MR) is 139 cm³/mol. The highest BCUT2D eigenvalue weighted by atomic mass is 35.5. The third kappa shape index (κ3) is 8.88. The average Bonchev–Trinajstić information content (AvgIpc) is 2.86. The van der Waals surface area contributed by atoms with Gasteiger partial charge in [-0.15, -0.1) is 0 Å². The smallest absolute Gasteiger partial charge is 0.307 e. The summed E-state index contributed by atoms with van der Waals surface area (Å²) in [6, 6.07) is 10.3. The third-order valence-corrected chi connectivity index (χ3v) is 5.41. The first-order valence-corrected chi connectivity index (χ1v) is 11.5. The van der Waals surface area contributed by atoms with Crippen LogP contribution >= 0.6 is 23.2 Å². The van der Waals surface area contributed by atoms with Crippen molar-refractivity contribution in [2.45, 2.75) is 12.4 Å². The summed E-state index contributed by atoms with van der Waals surface area (Å²) in [5.74, 6) is 0. The SMILES string of the molecule is O=C(N/N=C/c1ccc(/C=N/NC(=O)Nc2ccc(Cl)c(C(F)(F)F)c2)cc1)Nc1ccc(Cl)c(C(F)(F)F)c1. The zero-order valence-corrected chi connectivity index (χ0v) is 21.2. The van der Waals surface area contributed by atoms with Crippen molar-refractivity contribution in [3.05, 3.63) is 93.0 Å². The van der Waals surface area contributed by atoms with E-state index in [2.05, 4.69) is 31.7 Å². The number of halogens is 8. The summed E-state index contributed by atoms with van der Waals surface area (Å²) in [4.78, 5) is 23.8. The normalized spacial score (nSPS) is 12.0. The van der Waals surface area contributed by atoms with E-state index in [1.807, 2.05) is 0 Å². The highest BCUT2D eigenvalue weighted by Crippen LogP contribution is 2.37. The number of benzene rings is 3. The Morgan fingerprint density at radius 3 is 1.30 bits per heavy atom. The van der Waals surface area contributed by atoms with Gasteiger partial charge in [-0.05, 0) is 47.5 Å². The number of hydrazone groups is 2. The monoisotopic (exact) mass is 604 g/mol. The molecule has 0 saturated carbocycles. The van der Waals surface area contributed by atoms with Gasteiger partial charge in [-0.25, -0.2) is 20.4 Å². The van der Waals surface area contributed by atoms with Gasteiger partial charge in [-0.1, -0.05) is 47.5 Å². The Morgan fingerprint density at radius 1 is 0.625 bits per heavy atom. The van der Waals surface area contributed by atoms with Crippen molar-refractivity contribution >= 4 is 59.1 Å². The summed E-state index contributed by atoms with van der Waals surface area (Å²) in [6.07, 6.45) is -6.86. The molecule has 0 aliphatic rings. The second kappa shape index (κ2) is 12.7. The second-order valence-electron chi connectivity index (χ2n) is 7.70. The highest BCUT2D eigenvalue weighted by molar-refractivity contribution is 6.31. The number of hydrogen-bond donors (Lipinski definition) is 4. The van der Waals surface area contributed by atoms with E-state index in [1.54, 1.807) is 24.3 Å². The molecule has 0 radical (unpaired) electrons. The van der Waals surface area contributed by atoms with Crippen LogP contribution in [0.5, 0.6) is 0 Å². The Kier molecular flexibility index (Phi) is 9.60. The van der Waals surface area contributed by atoms with E-state index < -0.39 is 45.6 Å². The second-order valence-corrected chi connectivity index (χ2v) is 8.51. The van der Waals surface area contributed by atoms with Gasteiger partial charge >= 0.3 is 24.4 Å². The number of alkyl halides is 6. The van der Waals surface area contributed by atoms with Crippen LogP contribution in [0.15, 0.2) is 70.9 Å². The van der Waals surface area contributed by atoms with E-state index in [1.165, 1.54) is 24.6 Å². The van der Waals surface area contributed by atoms with Crippen molar-refractivity contribution in [3.63, 3.8) is 0 Å². The number of urea groups is 2. The van der Waals surface area contributed by atoms with Gasteiger partial charge in [0.2, 0.25) is 0 Å². The van der Waals surface area contributed by atoms with Crippen LogP contribution in [0, 0.1) is 0 Å². The fourth-order valence-corrected chi connectivity index (χ4v) is 3.41. The molecule has 0 spiro atoms. The Hall–Kier alpha value is -4.30. The Labute approximate surface area is 232 Å². The number of anilines is 2. The molecular formula is C24H16Cl2F6N6O2. The van der Waals surface area contributed by atoms with E-state index in [0.717, 1.165) is 12.1 Å². The van der Waals surface area contributed by atoms with Gasteiger partial charge in [-0.3, -0.25) is 0 Å². The van der Waals surface area contributed by atoms with E-state index in [9.17, 15) is 35.9 Å². The molecule has 3 aromatic rings. The first kappa shape index (κ1) is 30.2. The van der Waals surface area contributed by atoms with E-state index in [0.29, 0.717) is 23.3 Å². The van der Waals surface area contributed by atoms with Gasteiger partial charge in [0.25, 0.3) is 0 Å². The van der Waals surface area contributed by atoms with Gasteiger partial charge in [0, 0.05) is 11.4 Å². The molecule has 3 aromatic carbocycles. The lowest BCUT2D eigenvalue weighted by atomic mass is 10.2. The maximum absolute atomic E-state index is 12.9. The zero-order chi connectivity index (χ0) is 29.5. The number of nitrogens with one attached hydrogen (secondary N) is 4. The topological polar surface area (TPSA) is 107 Å². The number of amides is 4. The summed E-state index contributed by atoms with van der Waals surface area (Å²) in [6.45, 7) is 0. The summed E-state index contributed by atoms with van der Waals surface area (Å²) < 4.78 is 77.5. The first-order valence-electron chi connectivity index (χ1n) is 10.8. The molecule has 4 amide bonds. The zero-order valence-electron chi connectivity index (χ0n) is 19.7. The lowest BCUT2D eigenvalue weighted by Crippen LogP contribution is -2.24. The van der Waals surface area contributed by atoms with Crippen LogP contribution < -0.4 is 21.5 Å². The molecule has 0 unspecified atom stereocenters. The van der Waals surface area contributed by atoms with Crippen molar-refractivity contribution in [1.82, 2.24) is 10.9 Å². The maximum Gasteiger partial charge on any atom is 0.417 e. The molecule has 0 saturated heterocycles. The van der Waals surface area contributed by atoms with Crippen molar-refractivity contribution in [1.29, 1.82) is 0 Å². The molecule has 0 aliphatic heterocycles. The summed E-state index contributed by atoms with van der Waals surface area (Å²) >= 11 is 11.1. The third-order valence-electron chi connectivity index (χ3n) is 4.76. The molecule has 0 aromatic heterocycles. The lowest BCUT2D eigenvalue weighted by Gasteiger charge is -2.11. The van der Waals surface area contributed by atoms with E-state index >= 15 is 0 Å². The number of carbonyl (C=O) groups is 2. The lowest BCUT2D eigenvalue weighted by molar-refractivity contribution is -0.138. The van der Waals surface area contributed by atoms with Crippen LogP contribution in [0.2, 0.25) is 10.0 Å². The van der Waals surface area contributed by atoms with Crippen LogP contribution in [-0.2, 0) is 12.4 Å². The molecular weight excluding hydrogens is 589 g/mol. The molecule has 0 atom stereocenters. The maximum atomic E-state index is 12.9. The summed E-state index contributed by atoms with van der Waals surface area (Å²) in [7, 11) is 0. The molecule has 8 nitrogen and oxygen atoms in total. The van der Waals surface area contributed by atoms with Crippen molar-refractivity contribution < 1.29 is 35.9 Å². The van der Waals surface area contributed by atoms with Crippen molar-refractivity contribution in [2.75, 3.05) is 10.6 Å². The summed E-state index contributed by atoms with van der Waals surface area (Å²) in [5, 5.41) is 10.8. The van der Waals surface area contributed by atoms with Gasteiger partial charge in [-0.2, -0.15) is 36.5 Å². The van der Waals surface area contributed by atoms with Crippen LogP contribution in [0.25, 0.3) is 0 Å². The summed E-state index contributed by atoms with van der Waals surface area (Å²) in [5.41, 5.74) is 2.77. The average molecular weight is 605 g/mol. The Bertz CT molecular complexity index is 1330. The van der Waals surface area contributed by atoms with E-state index in [-0.39, 0.29) is 11.4 Å². The molecule has 3 rings (SSSR count). The number of rotatable bonds is 6. The minimum atomic E-state index is -4.69. The van der Waals surface area contributed by atoms with Gasteiger partial charge in [0.1, 0.15) is 0 Å².